The lowest BCUT2D eigenvalue weighted by Gasteiger charge is -2.37. The van der Waals surface area contributed by atoms with Crippen LogP contribution in [0.4, 0.5) is 4.79 Å². The largest absolute Gasteiger partial charge is 0.444 e. The number of carbonyl (C=O) groups excluding carboxylic acids is 1. The van der Waals surface area contributed by atoms with Crippen molar-refractivity contribution in [3.63, 3.8) is 0 Å². The van der Waals surface area contributed by atoms with Crippen LogP contribution in [0.3, 0.4) is 0 Å². The Labute approximate surface area is 122 Å². The van der Waals surface area contributed by atoms with Crippen molar-refractivity contribution in [2.45, 2.75) is 71.9 Å². The predicted molar refractivity (Wildman–Crippen MR) is 82.4 cm³/mol. The van der Waals surface area contributed by atoms with Crippen molar-refractivity contribution in [3.05, 3.63) is 11.6 Å². The highest BCUT2D eigenvalue weighted by Crippen LogP contribution is 2.25. The van der Waals surface area contributed by atoms with E-state index in [1.54, 1.807) is 4.90 Å². The molecule has 0 aromatic rings. The minimum absolute atomic E-state index is 0.0161. The Bertz CT molecular complexity index is 394. The van der Waals surface area contributed by atoms with Crippen LogP contribution in [0, 0.1) is 5.41 Å². The summed E-state index contributed by atoms with van der Waals surface area (Å²) >= 11 is 0. The monoisotopic (exact) mass is 280 g/mol. The normalized spacial score (nSPS) is 19.6. The molecule has 4 heteroatoms. The Morgan fingerprint density at radius 3 is 2.60 bits per heavy atom. The van der Waals surface area contributed by atoms with E-state index in [1.807, 2.05) is 20.8 Å². The van der Waals surface area contributed by atoms with Crippen LogP contribution in [0.5, 0.6) is 0 Å². The quantitative estimate of drug-likeness (QED) is 0.786. The van der Waals surface area contributed by atoms with E-state index in [2.05, 4.69) is 19.9 Å². The molecule has 0 aromatic carbocycles. The lowest BCUT2D eigenvalue weighted by molar-refractivity contribution is 0.0183. The van der Waals surface area contributed by atoms with E-state index in [1.165, 1.54) is 0 Å². The number of nitrogens with zero attached hydrogens (tertiary/aromatic N) is 1. The first-order chi connectivity index (χ1) is 9.30. The summed E-state index contributed by atoms with van der Waals surface area (Å²) in [6.45, 7) is 10.4. The van der Waals surface area contributed by atoms with Gasteiger partial charge in [0.05, 0.1) is 6.04 Å². The number of rotatable bonds is 4. The number of hydrogen-bond acceptors (Lipinski definition) is 3. The molecule has 1 atom stereocenters. The molecule has 0 bridgehead atoms. The van der Waals surface area contributed by atoms with Crippen LogP contribution in [0.25, 0.3) is 0 Å². The van der Waals surface area contributed by atoms with Crippen LogP contribution in [0.2, 0.25) is 0 Å². The molecule has 0 aliphatic carbocycles. The number of nitrogens with one attached hydrogen (secondary N) is 1. The molecule has 1 rings (SSSR count). The van der Waals surface area contributed by atoms with E-state index in [0.29, 0.717) is 12.3 Å². The zero-order valence-corrected chi connectivity index (χ0v) is 13.5. The Kier molecular flexibility index (Phi) is 5.78. The molecular formula is C16H28N2O2. The van der Waals surface area contributed by atoms with Crippen molar-refractivity contribution in [2.24, 2.45) is 0 Å². The van der Waals surface area contributed by atoms with Gasteiger partial charge in [0.2, 0.25) is 0 Å². The predicted octanol–water partition coefficient (Wildman–Crippen LogP) is 4.15. The molecular weight excluding hydrogens is 252 g/mol. The molecule has 1 amide bonds. The molecule has 4 nitrogen and oxygen atoms in total. The van der Waals surface area contributed by atoms with Gasteiger partial charge in [0.15, 0.2) is 0 Å². The van der Waals surface area contributed by atoms with Crippen molar-refractivity contribution >= 4 is 11.8 Å². The van der Waals surface area contributed by atoms with Gasteiger partial charge < -0.3 is 15.0 Å². The summed E-state index contributed by atoms with van der Waals surface area (Å²) in [5, 5.41) is 8.18. The highest BCUT2D eigenvalue weighted by molar-refractivity contribution is 5.99. The maximum absolute atomic E-state index is 12.3. The lowest BCUT2D eigenvalue weighted by Crippen LogP contribution is -2.47. The maximum atomic E-state index is 12.3. The van der Waals surface area contributed by atoms with Crippen molar-refractivity contribution < 1.29 is 9.53 Å². The van der Waals surface area contributed by atoms with E-state index in [0.717, 1.165) is 31.3 Å². The van der Waals surface area contributed by atoms with Crippen LogP contribution in [-0.2, 0) is 4.74 Å². The van der Waals surface area contributed by atoms with Gasteiger partial charge in [0.1, 0.15) is 5.60 Å². The number of amides is 1. The average molecular weight is 280 g/mol. The molecule has 1 aliphatic heterocycles. The van der Waals surface area contributed by atoms with Gasteiger partial charge in [-0.2, -0.15) is 0 Å². The van der Waals surface area contributed by atoms with E-state index in [-0.39, 0.29) is 12.1 Å². The molecule has 0 saturated heterocycles. The molecule has 1 heterocycles. The van der Waals surface area contributed by atoms with Crippen LogP contribution < -0.4 is 0 Å². The third-order valence-electron chi connectivity index (χ3n) is 3.33. The summed E-state index contributed by atoms with van der Waals surface area (Å²) in [5.41, 5.74) is 1.19. The molecule has 1 unspecified atom stereocenters. The molecule has 1 N–H and O–H groups in total. The van der Waals surface area contributed by atoms with Crippen LogP contribution in [0.15, 0.2) is 11.6 Å². The van der Waals surface area contributed by atoms with E-state index < -0.39 is 5.60 Å². The zero-order valence-electron chi connectivity index (χ0n) is 13.5. The second-order valence-corrected chi connectivity index (χ2v) is 6.27. The van der Waals surface area contributed by atoms with Crippen LogP contribution in [-0.4, -0.2) is 34.9 Å². The molecule has 0 spiro atoms. The van der Waals surface area contributed by atoms with Gasteiger partial charge in [-0.25, -0.2) is 4.79 Å². The van der Waals surface area contributed by atoms with Crippen molar-refractivity contribution in [1.29, 1.82) is 5.41 Å². The number of ether oxygens (including phenoxy) is 1. The Morgan fingerprint density at radius 1 is 1.45 bits per heavy atom. The summed E-state index contributed by atoms with van der Waals surface area (Å²) in [7, 11) is 0. The standard InChI is InChI=1S/C16H28N2O2/c1-6-9-13(17)12-10-8-11-18(14(12)7-2)15(19)20-16(3,4)5/h10,14,17H,6-9,11H2,1-5H3. The van der Waals surface area contributed by atoms with E-state index >= 15 is 0 Å². The van der Waals surface area contributed by atoms with Crippen molar-refractivity contribution in [3.8, 4) is 0 Å². The van der Waals surface area contributed by atoms with Gasteiger partial charge in [-0.3, -0.25) is 0 Å². The third-order valence-corrected chi connectivity index (χ3v) is 3.33. The number of carbonyl (C=O) groups is 1. The SMILES string of the molecule is CCCC(=N)C1=CCCN(C(=O)OC(C)(C)C)C1CC. The van der Waals surface area contributed by atoms with Gasteiger partial charge in [-0.15, -0.1) is 0 Å². The van der Waals surface area contributed by atoms with Gasteiger partial charge in [0, 0.05) is 12.3 Å². The summed E-state index contributed by atoms with van der Waals surface area (Å²) in [6, 6.07) is -0.0161. The smallest absolute Gasteiger partial charge is 0.410 e. The first kappa shape index (κ1) is 16.7. The Hall–Kier alpha value is -1.32. The number of hydrogen-bond donors (Lipinski definition) is 1. The minimum Gasteiger partial charge on any atom is -0.444 e. The zero-order chi connectivity index (χ0) is 15.3. The third kappa shape index (κ3) is 4.36. The minimum atomic E-state index is -0.479. The van der Waals surface area contributed by atoms with Gasteiger partial charge in [0.25, 0.3) is 0 Å². The van der Waals surface area contributed by atoms with E-state index in [4.69, 9.17) is 10.1 Å². The molecule has 0 fully saturated rings. The second kappa shape index (κ2) is 6.91. The molecule has 0 aromatic heterocycles. The van der Waals surface area contributed by atoms with Gasteiger partial charge in [-0.05, 0) is 45.6 Å². The summed E-state index contributed by atoms with van der Waals surface area (Å²) < 4.78 is 5.49. The fourth-order valence-corrected chi connectivity index (χ4v) is 2.52. The maximum Gasteiger partial charge on any atom is 0.410 e. The average Bonchev–Trinajstić information content (AvgIpc) is 2.35. The fourth-order valence-electron chi connectivity index (χ4n) is 2.52. The van der Waals surface area contributed by atoms with Crippen LogP contribution >= 0.6 is 0 Å². The Balaban J connectivity index is 2.87. The summed E-state index contributed by atoms with van der Waals surface area (Å²) in [4.78, 5) is 14.1. The molecule has 0 saturated carbocycles. The molecule has 114 valence electrons. The van der Waals surface area contributed by atoms with Gasteiger partial charge in [-0.1, -0.05) is 26.3 Å². The van der Waals surface area contributed by atoms with Gasteiger partial charge >= 0.3 is 6.09 Å². The second-order valence-electron chi connectivity index (χ2n) is 6.27. The lowest BCUT2D eigenvalue weighted by atomic mass is 9.92. The topological polar surface area (TPSA) is 53.4 Å². The van der Waals surface area contributed by atoms with Crippen molar-refractivity contribution in [2.75, 3.05) is 6.54 Å². The molecule has 1 aliphatic rings. The molecule has 0 radical (unpaired) electrons. The summed E-state index contributed by atoms with van der Waals surface area (Å²) in [5.74, 6) is 0. The molecule has 20 heavy (non-hydrogen) atoms. The highest BCUT2D eigenvalue weighted by Gasteiger charge is 2.32. The fraction of sp³-hybridized carbons (Fsp3) is 0.750. The first-order valence-electron chi connectivity index (χ1n) is 7.57. The van der Waals surface area contributed by atoms with Crippen LogP contribution in [0.1, 0.15) is 60.3 Å². The first-order valence-corrected chi connectivity index (χ1v) is 7.57. The van der Waals surface area contributed by atoms with E-state index in [9.17, 15) is 4.79 Å². The summed E-state index contributed by atoms with van der Waals surface area (Å²) in [6.07, 6.45) is 5.20. The Morgan fingerprint density at radius 2 is 2.10 bits per heavy atom. The highest BCUT2D eigenvalue weighted by atomic mass is 16.6. The van der Waals surface area contributed by atoms with Crippen molar-refractivity contribution in [1.82, 2.24) is 4.90 Å².